The van der Waals surface area contributed by atoms with Gasteiger partial charge in [-0.05, 0) is 34.9 Å². The molecule has 4 aromatic rings. The van der Waals surface area contributed by atoms with Crippen molar-refractivity contribution in [1.82, 2.24) is 19.9 Å². The van der Waals surface area contributed by atoms with Gasteiger partial charge >= 0.3 is 6.18 Å². The molecule has 0 saturated heterocycles. The van der Waals surface area contributed by atoms with E-state index < -0.39 is 11.9 Å². The molecule has 0 unspecified atom stereocenters. The van der Waals surface area contributed by atoms with Crippen LogP contribution in [-0.4, -0.2) is 19.9 Å². The normalized spacial score (nSPS) is 11.8. The van der Waals surface area contributed by atoms with Crippen molar-refractivity contribution < 1.29 is 13.2 Å². The predicted octanol–water partition coefficient (Wildman–Crippen LogP) is 5.88. The molecule has 5 nitrogen and oxygen atoms in total. The van der Waals surface area contributed by atoms with Crippen molar-refractivity contribution in [1.29, 1.82) is 0 Å². The smallest absolute Gasteiger partial charge is 0.366 e. The number of H-pyrrole nitrogens is 1. The number of aromatic nitrogens is 4. The zero-order chi connectivity index (χ0) is 21.3. The van der Waals surface area contributed by atoms with Crippen molar-refractivity contribution in [2.45, 2.75) is 19.1 Å². The molecule has 4 rings (SSSR count). The number of halogens is 5. The maximum Gasteiger partial charge on any atom is 0.433 e. The Morgan fingerprint density at radius 3 is 2.53 bits per heavy atom. The topological polar surface area (TPSA) is 66.5 Å². The first-order chi connectivity index (χ1) is 14.3. The highest BCUT2D eigenvalue weighted by atomic mass is 35.5. The fraction of sp³-hybridized carbons (Fsp3) is 0.150. The number of aromatic amines is 1. The summed E-state index contributed by atoms with van der Waals surface area (Å²) in [5.41, 5.74) is 2.21. The average molecular weight is 452 g/mol. The van der Waals surface area contributed by atoms with Crippen LogP contribution in [0.4, 0.5) is 19.0 Å². The minimum Gasteiger partial charge on any atom is -0.366 e. The Hall–Kier alpha value is -2.84. The fourth-order valence-electron chi connectivity index (χ4n) is 2.97. The first-order valence-corrected chi connectivity index (χ1v) is 9.58. The molecule has 4 aromatic heterocycles. The third-order valence-corrected chi connectivity index (χ3v) is 5.01. The van der Waals surface area contributed by atoms with Gasteiger partial charge in [-0.2, -0.15) is 13.2 Å². The monoisotopic (exact) mass is 451 g/mol. The van der Waals surface area contributed by atoms with E-state index in [1.807, 2.05) is 18.3 Å². The lowest BCUT2D eigenvalue weighted by Crippen LogP contribution is -2.09. The van der Waals surface area contributed by atoms with Crippen LogP contribution in [0.5, 0.6) is 0 Å². The zero-order valence-corrected chi connectivity index (χ0v) is 16.8. The SMILES string of the molecule is FC(F)(F)c1ccc(CNc2ccc(Cc3c[nH]c4ncc(Cl)cc34)c(Cl)n2)cn1. The molecule has 30 heavy (non-hydrogen) atoms. The molecule has 0 bridgehead atoms. The summed E-state index contributed by atoms with van der Waals surface area (Å²) in [6.07, 6.45) is 0.696. The number of hydrogen-bond donors (Lipinski definition) is 2. The van der Waals surface area contributed by atoms with Crippen LogP contribution in [0.25, 0.3) is 11.0 Å². The second-order valence-electron chi connectivity index (χ2n) is 6.59. The highest BCUT2D eigenvalue weighted by molar-refractivity contribution is 6.31. The molecular formula is C20H14Cl2F3N5. The Bertz CT molecular complexity index is 1190. The van der Waals surface area contributed by atoms with Gasteiger partial charge in [-0.25, -0.2) is 9.97 Å². The lowest BCUT2D eigenvalue weighted by Gasteiger charge is -2.10. The van der Waals surface area contributed by atoms with Crippen molar-refractivity contribution in [3.05, 3.63) is 81.5 Å². The second-order valence-corrected chi connectivity index (χ2v) is 7.38. The Balaban J connectivity index is 1.44. The van der Waals surface area contributed by atoms with E-state index in [9.17, 15) is 13.2 Å². The van der Waals surface area contributed by atoms with Gasteiger partial charge in [0, 0.05) is 36.9 Å². The largest absolute Gasteiger partial charge is 0.433 e. The van der Waals surface area contributed by atoms with Crippen LogP contribution >= 0.6 is 23.2 Å². The molecule has 0 atom stereocenters. The van der Waals surface area contributed by atoms with E-state index in [0.29, 0.717) is 28.0 Å². The van der Waals surface area contributed by atoms with Crippen molar-refractivity contribution in [3.63, 3.8) is 0 Å². The van der Waals surface area contributed by atoms with Crippen LogP contribution in [0.2, 0.25) is 10.2 Å². The maximum absolute atomic E-state index is 12.6. The molecule has 0 spiro atoms. The molecule has 0 aromatic carbocycles. The molecule has 0 aliphatic heterocycles. The van der Waals surface area contributed by atoms with Crippen molar-refractivity contribution >= 4 is 40.1 Å². The molecule has 154 valence electrons. The minimum absolute atomic E-state index is 0.264. The van der Waals surface area contributed by atoms with Crippen LogP contribution in [0.15, 0.2) is 48.9 Å². The van der Waals surface area contributed by atoms with Gasteiger partial charge < -0.3 is 10.3 Å². The molecule has 0 aliphatic rings. The fourth-order valence-corrected chi connectivity index (χ4v) is 3.35. The molecule has 0 aliphatic carbocycles. The van der Waals surface area contributed by atoms with Crippen LogP contribution in [-0.2, 0) is 19.1 Å². The van der Waals surface area contributed by atoms with Gasteiger partial charge in [-0.1, -0.05) is 35.3 Å². The number of pyridine rings is 3. The van der Waals surface area contributed by atoms with Crippen LogP contribution in [0.3, 0.4) is 0 Å². The molecule has 2 N–H and O–H groups in total. The quantitative estimate of drug-likeness (QED) is 0.371. The second kappa shape index (κ2) is 8.12. The molecule has 0 saturated carbocycles. The predicted molar refractivity (Wildman–Crippen MR) is 110 cm³/mol. The summed E-state index contributed by atoms with van der Waals surface area (Å²) < 4.78 is 37.7. The summed E-state index contributed by atoms with van der Waals surface area (Å²) in [6, 6.07) is 7.77. The van der Waals surface area contributed by atoms with Crippen molar-refractivity contribution in [2.75, 3.05) is 5.32 Å². The third kappa shape index (κ3) is 4.49. The van der Waals surface area contributed by atoms with E-state index in [1.165, 1.54) is 12.3 Å². The Morgan fingerprint density at radius 2 is 1.83 bits per heavy atom. The lowest BCUT2D eigenvalue weighted by molar-refractivity contribution is -0.141. The molecule has 0 amide bonds. The van der Waals surface area contributed by atoms with Crippen LogP contribution < -0.4 is 5.32 Å². The first-order valence-electron chi connectivity index (χ1n) is 8.82. The van der Waals surface area contributed by atoms with Gasteiger partial charge in [0.15, 0.2) is 0 Å². The summed E-state index contributed by atoms with van der Waals surface area (Å²) in [6.45, 7) is 0.264. The van der Waals surface area contributed by atoms with E-state index in [-0.39, 0.29) is 6.54 Å². The number of nitrogens with one attached hydrogen (secondary N) is 2. The van der Waals surface area contributed by atoms with Gasteiger partial charge in [0.2, 0.25) is 0 Å². The molecule has 0 fully saturated rings. The minimum atomic E-state index is -4.46. The molecule has 0 radical (unpaired) electrons. The van der Waals surface area contributed by atoms with Gasteiger partial charge in [0.05, 0.1) is 5.02 Å². The lowest BCUT2D eigenvalue weighted by atomic mass is 10.1. The maximum atomic E-state index is 12.6. The summed E-state index contributed by atoms with van der Waals surface area (Å²) in [5, 5.41) is 4.82. The van der Waals surface area contributed by atoms with Crippen LogP contribution in [0.1, 0.15) is 22.4 Å². The number of rotatable bonds is 5. The highest BCUT2D eigenvalue weighted by Crippen LogP contribution is 2.28. The van der Waals surface area contributed by atoms with Gasteiger partial charge in [-0.3, -0.25) is 4.98 Å². The number of alkyl halides is 3. The third-order valence-electron chi connectivity index (χ3n) is 4.48. The Kier molecular flexibility index (Phi) is 5.53. The number of hydrogen-bond acceptors (Lipinski definition) is 4. The number of fused-ring (bicyclic) bond motifs is 1. The zero-order valence-electron chi connectivity index (χ0n) is 15.3. The Labute approximate surface area is 179 Å². The van der Waals surface area contributed by atoms with E-state index >= 15 is 0 Å². The highest BCUT2D eigenvalue weighted by Gasteiger charge is 2.31. The summed E-state index contributed by atoms with van der Waals surface area (Å²) in [4.78, 5) is 15.1. The van der Waals surface area contributed by atoms with Gasteiger partial charge in [0.25, 0.3) is 0 Å². The summed E-state index contributed by atoms with van der Waals surface area (Å²) >= 11 is 12.4. The van der Waals surface area contributed by atoms with Gasteiger partial charge in [0.1, 0.15) is 22.3 Å². The summed E-state index contributed by atoms with van der Waals surface area (Å²) in [7, 11) is 0. The molecular weight excluding hydrogens is 438 g/mol. The first kappa shape index (κ1) is 20.4. The van der Waals surface area contributed by atoms with E-state index in [2.05, 4.69) is 25.3 Å². The summed E-state index contributed by atoms with van der Waals surface area (Å²) in [5.74, 6) is 0.507. The van der Waals surface area contributed by atoms with E-state index in [4.69, 9.17) is 23.2 Å². The standard InChI is InChI=1S/C20H14Cl2F3N5/c21-14-6-15-13(9-28-19(15)29-10-14)5-12-2-4-17(30-18(12)22)27-8-11-1-3-16(26-7-11)20(23,24)25/h1-4,6-7,9-10H,5,8H2,(H,27,30)(H,28,29). The van der Waals surface area contributed by atoms with Crippen LogP contribution in [0, 0.1) is 0 Å². The van der Waals surface area contributed by atoms with Gasteiger partial charge in [-0.15, -0.1) is 0 Å². The van der Waals surface area contributed by atoms with E-state index in [1.54, 1.807) is 12.3 Å². The molecule has 10 heteroatoms. The van der Waals surface area contributed by atoms with Crippen molar-refractivity contribution in [3.8, 4) is 0 Å². The number of anilines is 1. The van der Waals surface area contributed by atoms with E-state index in [0.717, 1.165) is 28.2 Å². The average Bonchev–Trinajstić information content (AvgIpc) is 3.10. The van der Waals surface area contributed by atoms with Crippen molar-refractivity contribution in [2.24, 2.45) is 0 Å². The molecule has 4 heterocycles. The number of nitrogens with zero attached hydrogens (tertiary/aromatic N) is 3. The Morgan fingerprint density at radius 1 is 1.00 bits per heavy atom.